The molecular formula is C16H13NO5. The molecule has 0 aliphatic carbocycles. The lowest BCUT2D eigenvalue weighted by atomic mass is 10.0. The van der Waals surface area contributed by atoms with Gasteiger partial charge < -0.3 is 14.6 Å². The predicted octanol–water partition coefficient (Wildman–Crippen LogP) is 1.84. The molecule has 0 bridgehead atoms. The van der Waals surface area contributed by atoms with E-state index in [1.165, 1.54) is 0 Å². The van der Waals surface area contributed by atoms with Crippen LogP contribution in [0.5, 0.6) is 0 Å². The number of benzene rings is 2. The molecule has 0 fully saturated rings. The first-order chi connectivity index (χ1) is 10.6. The summed E-state index contributed by atoms with van der Waals surface area (Å²) in [5.74, 6) is -1.81. The van der Waals surface area contributed by atoms with E-state index in [0.717, 1.165) is 15.7 Å². The summed E-state index contributed by atoms with van der Waals surface area (Å²) in [7, 11) is 0. The number of hydrogen-bond acceptors (Lipinski definition) is 4. The highest BCUT2D eigenvalue weighted by Crippen LogP contribution is 2.28. The third-order valence-electron chi connectivity index (χ3n) is 3.44. The monoisotopic (exact) mass is 299 g/mol. The van der Waals surface area contributed by atoms with Gasteiger partial charge in [0.25, 0.3) is 0 Å². The molecule has 0 aliphatic heterocycles. The zero-order chi connectivity index (χ0) is 15.7. The van der Waals surface area contributed by atoms with Gasteiger partial charge in [-0.3, -0.25) is 9.36 Å². The van der Waals surface area contributed by atoms with Gasteiger partial charge in [-0.25, -0.2) is 4.79 Å². The maximum atomic E-state index is 11.9. The van der Waals surface area contributed by atoms with Gasteiger partial charge in [0.15, 0.2) is 5.58 Å². The molecule has 1 aromatic heterocycles. The molecule has 0 unspecified atom stereocenters. The zero-order valence-corrected chi connectivity index (χ0v) is 11.5. The van der Waals surface area contributed by atoms with Gasteiger partial charge in [-0.1, -0.05) is 36.4 Å². The molecule has 3 aromatic rings. The highest BCUT2D eigenvalue weighted by Gasteiger charge is 2.15. The van der Waals surface area contributed by atoms with Crippen molar-refractivity contribution in [3.8, 4) is 11.1 Å². The Labute approximate surface area is 124 Å². The molecule has 6 nitrogen and oxygen atoms in total. The minimum atomic E-state index is -1.11. The largest absolute Gasteiger partial charge is 0.480 e. The summed E-state index contributed by atoms with van der Waals surface area (Å²) < 4.78 is 6.32. The van der Waals surface area contributed by atoms with Gasteiger partial charge in [0.05, 0.1) is 12.1 Å². The second-order valence-electron chi connectivity index (χ2n) is 4.86. The molecule has 2 N–H and O–H groups in total. The number of aliphatic hydroxyl groups is 1. The second-order valence-corrected chi connectivity index (χ2v) is 4.86. The average molecular weight is 299 g/mol. The topological polar surface area (TPSA) is 92.7 Å². The molecule has 0 radical (unpaired) electrons. The van der Waals surface area contributed by atoms with E-state index >= 15 is 0 Å². The minimum Gasteiger partial charge on any atom is -0.480 e. The lowest BCUT2D eigenvalue weighted by Gasteiger charge is -2.04. The molecular weight excluding hydrogens is 286 g/mol. The van der Waals surface area contributed by atoms with E-state index in [1.807, 2.05) is 12.1 Å². The molecule has 0 saturated heterocycles. The van der Waals surface area contributed by atoms with E-state index in [-0.39, 0.29) is 6.61 Å². The molecule has 0 saturated carbocycles. The van der Waals surface area contributed by atoms with Crippen molar-refractivity contribution in [1.82, 2.24) is 4.57 Å². The summed E-state index contributed by atoms with van der Waals surface area (Å²) in [6.45, 7) is -0.493. The average Bonchev–Trinajstić information content (AvgIpc) is 2.83. The van der Waals surface area contributed by atoms with Crippen LogP contribution in [0.25, 0.3) is 22.2 Å². The lowest BCUT2D eigenvalue weighted by Crippen LogP contribution is -2.19. The third kappa shape index (κ3) is 2.40. The maximum absolute atomic E-state index is 11.9. The Bertz CT molecular complexity index is 889. The van der Waals surface area contributed by atoms with Gasteiger partial charge in [0, 0.05) is 5.56 Å². The van der Waals surface area contributed by atoms with E-state index in [9.17, 15) is 9.59 Å². The highest BCUT2D eigenvalue weighted by atomic mass is 16.4. The van der Waals surface area contributed by atoms with Crippen molar-refractivity contribution in [2.75, 3.05) is 0 Å². The molecule has 6 heteroatoms. The van der Waals surface area contributed by atoms with Gasteiger partial charge in [-0.05, 0) is 17.2 Å². The van der Waals surface area contributed by atoms with Gasteiger partial charge in [-0.15, -0.1) is 0 Å². The van der Waals surface area contributed by atoms with Crippen molar-refractivity contribution in [1.29, 1.82) is 0 Å². The Morgan fingerprint density at radius 1 is 1.14 bits per heavy atom. The van der Waals surface area contributed by atoms with Crippen molar-refractivity contribution in [2.45, 2.75) is 13.2 Å². The number of carboxylic acid groups (broad SMARTS) is 1. The number of aliphatic carboxylic acids is 1. The molecule has 1 heterocycles. The fraction of sp³-hybridized carbons (Fsp3) is 0.125. The molecule has 22 heavy (non-hydrogen) atoms. The number of carbonyl (C=O) groups is 1. The zero-order valence-electron chi connectivity index (χ0n) is 11.5. The van der Waals surface area contributed by atoms with Crippen LogP contribution in [0.3, 0.4) is 0 Å². The molecule has 0 atom stereocenters. The number of para-hydroxylation sites is 1. The minimum absolute atomic E-state index is 0.0471. The van der Waals surface area contributed by atoms with Crippen LogP contribution >= 0.6 is 0 Å². The van der Waals surface area contributed by atoms with Crippen molar-refractivity contribution in [2.24, 2.45) is 0 Å². The Hall–Kier alpha value is -2.86. The van der Waals surface area contributed by atoms with E-state index < -0.39 is 18.3 Å². The van der Waals surface area contributed by atoms with Crippen molar-refractivity contribution >= 4 is 17.1 Å². The number of fused-ring (bicyclic) bond motifs is 1. The number of hydrogen-bond donors (Lipinski definition) is 2. The highest BCUT2D eigenvalue weighted by molar-refractivity contribution is 5.90. The number of nitrogens with zero attached hydrogens (tertiary/aromatic N) is 1. The summed E-state index contributed by atoms with van der Waals surface area (Å²) in [6.07, 6.45) is 0. The summed E-state index contributed by atoms with van der Waals surface area (Å²) in [6, 6.07) is 12.4. The van der Waals surface area contributed by atoms with Crippen LogP contribution in [0, 0.1) is 0 Å². The van der Waals surface area contributed by atoms with Crippen LogP contribution in [0.1, 0.15) is 5.56 Å². The lowest BCUT2D eigenvalue weighted by molar-refractivity contribution is -0.137. The van der Waals surface area contributed by atoms with Crippen LogP contribution < -0.4 is 5.76 Å². The standard InChI is InChI=1S/C16H13NO5/c18-9-10-4-6-11(7-5-10)12-2-1-3-13-15(12)22-16(21)17(13)8-14(19)20/h1-7,18H,8-9H2,(H,19,20). The normalized spacial score (nSPS) is 11.0. The van der Waals surface area contributed by atoms with Crippen LogP contribution in [0.15, 0.2) is 51.7 Å². The summed E-state index contributed by atoms with van der Waals surface area (Å²) in [4.78, 5) is 22.7. The molecule has 0 aliphatic rings. The van der Waals surface area contributed by atoms with Crippen molar-refractivity contribution in [3.05, 3.63) is 58.6 Å². The molecule has 112 valence electrons. The van der Waals surface area contributed by atoms with E-state index in [4.69, 9.17) is 14.6 Å². The number of carboxylic acids is 1. The Morgan fingerprint density at radius 2 is 1.86 bits per heavy atom. The SMILES string of the molecule is O=C(O)Cn1c(=O)oc2c(-c3ccc(CO)cc3)cccc21. The fourth-order valence-electron chi connectivity index (χ4n) is 2.39. The predicted molar refractivity (Wildman–Crippen MR) is 79.5 cm³/mol. The summed E-state index contributed by atoms with van der Waals surface area (Å²) in [5, 5.41) is 18.0. The van der Waals surface area contributed by atoms with Gasteiger partial charge in [0.2, 0.25) is 0 Å². The van der Waals surface area contributed by atoms with Gasteiger partial charge in [-0.2, -0.15) is 0 Å². The number of rotatable bonds is 4. The van der Waals surface area contributed by atoms with E-state index in [2.05, 4.69) is 0 Å². The molecule has 2 aromatic carbocycles. The quantitative estimate of drug-likeness (QED) is 0.766. The fourth-order valence-corrected chi connectivity index (χ4v) is 2.39. The summed E-state index contributed by atoms with van der Waals surface area (Å²) in [5.41, 5.74) is 3.09. The van der Waals surface area contributed by atoms with Crippen LogP contribution in [0.4, 0.5) is 0 Å². The molecule has 0 amide bonds. The van der Waals surface area contributed by atoms with Crippen molar-refractivity contribution < 1.29 is 19.4 Å². The number of oxazole rings is 1. The Kier molecular flexibility index (Phi) is 3.52. The van der Waals surface area contributed by atoms with E-state index in [0.29, 0.717) is 16.7 Å². The molecule has 0 spiro atoms. The number of aromatic nitrogens is 1. The van der Waals surface area contributed by atoms with Gasteiger partial charge >= 0.3 is 11.7 Å². The summed E-state index contributed by atoms with van der Waals surface area (Å²) >= 11 is 0. The molecule has 3 rings (SSSR count). The first kappa shape index (κ1) is 14.1. The van der Waals surface area contributed by atoms with Crippen molar-refractivity contribution in [3.63, 3.8) is 0 Å². The van der Waals surface area contributed by atoms with Crippen LogP contribution in [-0.2, 0) is 17.9 Å². The maximum Gasteiger partial charge on any atom is 0.420 e. The third-order valence-corrected chi connectivity index (χ3v) is 3.44. The van der Waals surface area contributed by atoms with Crippen LogP contribution in [-0.4, -0.2) is 20.7 Å². The second kappa shape index (κ2) is 5.50. The van der Waals surface area contributed by atoms with Gasteiger partial charge in [0.1, 0.15) is 6.54 Å². The van der Waals surface area contributed by atoms with Crippen LogP contribution in [0.2, 0.25) is 0 Å². The Balaban J connectivity index is 2.18. The van der Waals surface area contributed by atoms with E-state index in [1.54, 1.807) is 30.3 Å². The smallest absolute Gasteiger partial charge is 0.420 e. The number of aliphatic hydroxyl groups excluding tert-OH is 1. The first-order valence-electron chi connectivity index (χ1n) is 6.64. The Morgan fingerprint density at radius 3 is 2.50 bits per heavy atom. The first-order valence-corrected chi connectivity index (χ1v) is 6.64.